The molecule has 0 saturated carbocycles. The first-order valence-electron chi connectivity index (χ1n) is 6.70. The molecule has 0 radical (unpaired) electrons. The number of nitrogens with two attached hydrogens (primary N) is 1. The summed E-state index contributed by atoms with van der Waals surface area (Å²) >= 11 is 1.84. The highest BCUT2D eigenvalue weighted by molar-refractivity contribution is 7.09. The quantitative estimate of drug-likeness (QED) is 0.875. The maximum Gasteiger partial charge on any atom is 0.0972 e. The van der Waals surface area contributed by atoms with Crippen molar-refractivity contribution in [2.75, 3.05) is 26.2 Å². The Morgan fingerprint density at radius 3 is 3.24 bits per heavy atom. The molecule has 1 aromatic rings. The minimum Gasteiger partial charge on any atom is -0.330 e. The van der Waals surface area contributed by atoms with Crippen LogP contribution in [0.15, 0.2) is 5.38 Å². The molecule has 1 saturated heterocycles. The van der Waals surface area contributed by atoms with E-state index in [1.54, 1.807) is 0 Å². The lowest BCUT2D eigenvalue weighted by Gasteiger charge is -2.30. The van der Waals surface area contributed by atoms with Gasteiger partial charge in [-0.15, -0.1) is 11.3 Å². The van der Waals surface area contributed by atoms with E-state index in [2.05, 4.69) is 17.2 Å². The monoisotopic (exact) mass is 253 g/mol. The number of piperidine rings is 1. The van der Waals surface area contributed by atoms with Gasteiger partial charge in [-0.25, -0.2) is 4.98 Å². The molecular weight excluding hydrogens is 230 g/mol. The Kier molecular flexibility index (Phi) is 4.95. The van der Waals surface area contributed by atoms with Gasteiger partial charge in [0.2, 0.25) is 0 Å². The lowest BCUT2D eigenvalue weighted by Crippen LogP contribution is -2.34. The van der Waals surface area contributed by atoms with Crippen molar-refractivity contribution in [2.24, 2.45) is 5.73 Å². The van der Waals surface area contributed by atoms with Crippen LogP contribution in [0.4, 0.5) is 0 Å². The van der Waals surface area contributed by atoms with Crippen molar-refractivity contribution in [3.63, 3.8) is 0 Å². The molecule has 0 aromatic carbocycles. The van der Waals surface area contributed by atoms with E-state index in [4.69, 9.17) is 10.7 Å². The third-order valence-corrected chi connectivity index (χ3v) is 4.56. The van der Waals surface area contributed by atoms with Gasteiger partial charge in [0, 0.05) is 17.8 Å². The molecule has 17 heavy (non-hydrogen) atoms. The molecule has 1 aromatic heterocycles. The van der Waals surface area contributed by atoms with Gasteiger partial charge in [0.1, 0.15) is 0 Å². The smallest absolute Gasteiger partial charge is 0.0972 e. The number of likely N-dealkylation sites (N-methyl/N-ethyl adjacent to an activating group) is 1. The summed E-state index contributed by atoms with van der Waals surface area (Å²) in [5, 5.41) is 3.56. The zero-order chi connectivity index (χ0) is 12.1. The molecule has 0 aliphatic carbocycles. The molecule has 96 valence electrons. The summed E-state index contributed by atoms with van der Waals surface area (Å²) in [6, 6.07) is 0. The fourth-order valence-electron chi connectivity index (χ4n) is 2.45. The number of nitrogens with zero attached hydrogens (tertiary/aromatic N) is 2. The Bertz CT molecular complexity index is 337. The maximum absolute atomic E-state index is 5.53. The van der Waals surface area contributed by atoms with Gasteiger partial charge >= 0.3 is 0 Å². The van der Waals surface area contributed by atoms with E-state index >= 15 is 0 Å². The third kappa shape index (κ3) is 3.50. The summed E-state index contributed by atoms with van der Waals surface area (Å²) < 4.78 is 0. The van der Waals surface area contributed by atoms with Crippen LogP contribution in [0.25, 0.3) is 0 Å². The molecule has 2 heterocycles. The molecule has 0 bridgehead atoms. The summed E-state index contributed by atoms with van der Waals surface area (Å²) in [4.78, 5) is 7.31. The van der Waals surface area contributed by atoms with Gasteiger partial charge in [-0.2, -0.15) is 0 Å². The normalized spacial score (nSPS) is 21.9. The van der Waals surface area contributed by atoms with Crippen LogP contribution in [0.2, 0.25) is 0 Å². The summed E-state index contributed by atoms with van der Waals surface area (Å²) in [7, 11) is 0. The summed E-state index contributed by atoms with van der Waals surface area (Å²) in [5.74, 6) is 0.667. The van der Waals surface area contributed by atoms with Crippen LogP contribution < -0.4 is 5.73 Å². The van der Waals surface area contributed by atoms with Crippen LogP contribution in [0, 0.1) is 0 Å². The molecule has 1 atom stereocenters. The van der Waals surface area contributed by atoms with E-state index in [1.165, 1.54) is 43.2 Å². The molecule has 2 N–H and O–H groups in total. The highest BCUT2D eigenvalue weighted by atomic mass is 32.1. The van der Waals surface area contributed by atoms with Crippen molar-refractivity contribution in [3.05, 3.63) is 16.1 Å². The second kappa shape index (κ2) is 6.47. The largest absolute Gasteiger partial charge is 0.330 e. The Morgan fingerprint density at radius 1 is 1.59 bits per heavy atom. The zero-order valence-electron chi connectivity index (χ0n) is 10.7. The SMILES string of the molecule is CCN1CCCC(c2nc(CCCN)cs2)C1. The van der Waals surface area contributed by atoms with Gasteiger partial charge in [-0.1, -0.05) is 6.92 Å². The highest BCUT2D eigenvalue weighted by Crippen LogP contribution is 2.29. The first-order valence-corrected chi connectivity index (χ1v) is 7.58. The molecule has 1 aliphatic rings. The van der Waals surface area contributed by atoms with Crippen molar-refractivity contribution in [3.8, 4) is 0 Å². The van der Waals surface area contributed by atoms with Crippen LogP contribution in [0.1, 0.15) is 42.8 Å². The van der Waals surface area contributed by atoms with E-state index in [0.717, 1.165) is 19.4 Å². The summed E-state index contributed by atoms with van der Waals surface area (Å²) in [6.07, 6.45) is 4.71. The molecule has 0 spiro atoms. The predicted octanol–water partition coefficient (Wildman–Crippen LogP) is 2.23. The predicted molar refractivity (Wildman–Crippen MR) is 73.6 cm³/mol. The lowest BCUT2D eigenvalue weighted by molar-refractivity contribution is 0.217. The van der Waals surface area contributed by atoms with Crippen molar-refractivity contribution >= 4 is 11.3 Å². The zero-order valence-corrected chi connectivity index (χ0v) is 11.5. The number of hydrogen-bond acceptors (Lipinski definition) is 4. The van der Waals surface area contributed by atoms with Gasteiger partial charge in [-0.3, -0.25) is 0 Å². The highest BCUT2D eigenvalue weighted by Gasteiger charge is 2.22. The third-order valence-electron chi connectivity index (χ3n) is 3.51. The van der Waals surface area contributed by atoms with Crippen LogP contribution in [0.5, 0.6) is 0 Å². The molecular formula is C13H23N3S. The average Bonchev–Trinajstić information content (AvgIpc) is 2.85. The van der Waals surface area contributed by atoms with E-state index in [-0.39, 0.29) is 0 Å². The molecule has 4 heteroatoms. The van der Waals surface area contributed by atoms with Gasteiger partial charge < -0.3 is 10.6 Å². The minimum absolute atomic E-state index is 0.667. The van der Waals surface area contributed by atoms with Gasteiger partial charge in [0.25, 0.3) is 0 Å². The van der Waals surface area contributed by atoms with Crippen molar-refractivity contribution in [2.45, 2.75) is 38.5 Å². The van der Waals surface area contributed by atoms with E-state index in [0.29, 0.717) is 5.92 Å². The van der Waals surface area contributed by atoms with E-state index < -0.39 is 0 Å². The Morgan fingerprint density at radius 2 is 2.47 bits per heavy atom. The van der Waals surface area contributed by atoms with Crippen LogP contribution in [-0.4, -0.2) is 36.1 Å². The average molecular weight is 253 g/mol. The van der Waals surface area contributed by atoms with Crippen LogP contribution in [0.3, 0.4) is 0 Å². The lowest BCUT2D eigenvalue weighted by atomic mass is 9.99. The standard InChI is InChI=1S/C13H23N3S/c1-2-16-8-4-5-11(9-16)13-15-12(10-17-13)6-3-7-14/h10-11H,2-9,14H2,1H3. The van der Waals surface area contributed by atoms with Crippen LogP contribution >= 0.6 is 11.3 Å². The second-order valence-corrected chi connectivity index (χ2v) is 5.69. The molecule has 0 amide bonds. The Hall–Kier alpha value is -0.450. The number of likely N-dealkylation sites (tertiary alicyclic amines) is 1. The molecule has 1 aliphatic heterocycles. The molecule has 2 rings (SSSR count). The fraction of sp³-hybridized carbons (Fsp3) is 0.769. The van der Waals surface area contributed by atoms with E-state index in [1.807, 2.05) is 11.3 Å². The first-order chi connectivity index (χ1) is 8.33. The second-order valence-electron chi connectivity index (χ2n) is 4.80. The summed E-state index contributed by atoms with van der Waals surface area (Å²) in [6.45, 7) is 6.64. The Balaban J connectivity index is 1.94. The number of aromatic nitrogens is 1. The molecule has 1 unspecified atom stereocenters. The topological polar surface area (TPSA) is 42.2 Å². The van der Waals surface area contributed by atoms with Crippen molar-refractivity contribution < 1.29 is 0 Å². The maximum atomic E-state index is 5.53. The first kappa shape index (κ1) is 13.0. The minimum atomic E-state index is 0.667. The molecule has 3 nitrogen and oxygen atoms in total. The fourth-order valence-corrected chi connectivity index (χ4v) is 3.43. The van der Waals surface area contributed by atoms with Crippen LogP contribution in [-0.2, 0) is 6.42 Å². The van der Waals surface area contributed by atoms with Gasteiger partial charge in [0.15, 0.2) is 0 Å². The van der Waals surface area contributed by atoms with Crippen molar-refractivity contribution in [1.82, 2.24) is 9.88 Å². The van der Waals surface area contributed by atoms with Gasteiger partial charge in [-0.05, 0) is 45.3 Å². The number of thiazole rings is 1. The number of hydrogen-bond donors (Lipinski definition) is 1. The summed E-state index contributed by atoms with van der Waals surface area (Å²) in [5.41, 5.74) is 6.77. The van der Waals surface area contributed by atoms with E-state index in [9.17, 15) is 0 Å². The number of rotatable bonds is 5. The van der Waals surface area contributed by atoms with Crippen molar-refractivity contribution in [1.29, 1.82) is 0 Å². The molecule has 1 fully saturated rings. The Labute approximate surface area is 108 Å². The van der Waals surface area contributed by atoms with Gasteiger partial charge in [0.05, 0.1) is 10.7 Å². The number of aryl methyl sites for hydroxylation is 1.